The lowest BCUT2D eigenvalue weighted by molar-refractivity contribution is -0.133. The van der Waals surface area contributed by atoms with Crippen molar-refractivity contribution >= 4 is 23.1 Å². The number of amides is 1. The summed E-state index contributed by atoms with van der Waals surface area (Å²) in [6.45, 7) is 8.94. The van der Waals surface area contributed by atoms with Crippen LogP contribution in [0.3, 0.4) is 0 Å². The van der Waals surface area contributed by atoms with E-state index in [-0.39, 0.29) is 11.9 Å². The van der Waals surface area contributed by atoms with E-state index in [1.54, 1.807) is 0 Å². The topological polar surface area (TPSA) is 46.3 Å². The number of nitrogens with two attached hydrogens (primary N) is 1. The number of carbonyl (C=O) groups excluding carboxylic acids is 1. The third kappa shape index (κ3) is 6.77. The zero-order chi connectivity index (χ0) is 12.7. The smallest absolute Gasteiger partial charge is 0.222 e. The fourth-order valence-corrected chi connectivity index (χ4v) is 1.55. The summed E-state index contributed by atoms with van der Waals surface area (Å²) in [4.78, 5) is 14.3. The highest BCUT2D eigenvalue weighted by Crippen LogP contribution is 2.09. The van der Waals surface area contributed by atoms with Gasteiger partial charge in [0.2, 0.25) is 5.91 Å². The van der Waals surface area contributed by atoms with Crippen LogP contribution in [0.5, 0.6) is 0 Å². The molecule has 0 fully saturated rings. The Kier molecular flexibility index (Phi) is 7.30. The number of hydrogen-bond acceptors (Lipinski definition) is 2. The summed E-state index contributed by atoms with van der Waals surface area (Å²) < 4.78 is 0. The highest BCUT2D eigenvalue weighted by atomic mass is 32.1. The Balaban J connectivity index is 4.19. The highest BCUT2D eigenvalue weighted by molar-refractivity contribution is 7.80. The molecule has 16 heavy (non-hydrogen) atoms. The molecule has 2 N–H and O–H groups in total. The first kappa shape index (κ1) is 15.4. The lowest BCUT2D eigenvalue weighted by atomic mass is 10.1. The van der Waals surface area contributed by atoms with Gasteiger partial charge >= 0.3 is 0 Å². The minimum absolute atomic E-state index is 0.208. The first-order valence-electron chi connectivity index (χ1n) is 5.92. The van der Waals surface area contributed by atoms with E-state index in [0.717, 1.165) is 6.42 Å². The number of rotatable bonds is 7. The quantitative estimate of drug-likeness (QED) is 0.699. The zero-order valence-electron chi connectivity index (χ0n) is 10.8. The van der Waals surface area contributed by atoms with Crippen LogP contribution >= 0.6 is 12.2 Å². The molecule has 0 bridgehead atoms. The van der Waals surface area contributed by atoms with Gasteiger partial charge in [-0.05, 0) is 26.2 Å². The Morgan fingerprint density at radius 3 is 2.19 bits per heavy atom. The number of carbonyl (C=O) groups is 1. The van der Waals surface area contributed by atoms with Crippen molar-refractivity contribution in [3.05, 3.63) is 0 Å². The fourth-order valence-electron chi connectivity index (χ4n) is 1.46. The second-order valence-electron chi connectivity index (χ2n) is 4.83. The number of nitrogens with zero attached hydrogens (tertiary/aromatic N) is 1. The number of hydrogen-bond donors (Lipinski definition) is 1. The monoisotopic (exact) mass is 244 g/mol. The van der Waals surface area contributed by atoms with Crippen LogP contribution in [-0.2, 0) is 4.79 Å². The van der Waals surface area contributed by atoms with Crippen molar-refractivity contribution in [2.24, 2.45) is 11.7 Å². The van der Waals surface area contributed by atoms with Crippen molar-refractivity contribution in [2.45, 2.75) is 53.0 Å². The molecule has 1 amide bonds. The van der Waals surface area contributed by atoms with Gasteiger partial charge in [-0.15, -0.1) is 0 Å². The van der Waals surface area contributed by atoms with E-state index in [2.05, 4.69) is 13.8 Å². The maximum Gasteiger partial charge on any atom is 0.222 e. The molecule has 0 aromatic rings. The molecule has 0 spiro atoms. The van der Waals surface area contributed by atoms with Crippen molar-refractivity contribution in [1.29, 1.82) is 0 Å². The van der Waals surface area contributed by atoms with Gasteiger partial charge in [0, 0.05) is 25.4 Å². The van der Waals surface area contributed by atoms with Crippen molar-refractivity contribution in [3.63, 3.8) is 0 Å². The molecule has 3 nitrogen and oxygen atoms in total. The maximum atomic E-state index is 11.9. The molecular weight excluding hydrogens is 220 g/mol. The summed E-state index contributed by atoms with van der Waals surface area (Å²) in [5, 5.41) is 0. The molecule has 0 radical (unpaired) electrons. The van der Waals surface area contributed by atoms with Crippen molar-refractivity contribution in [3.8, 4) is 0 Å². The van der Waals surface area contributed by atoms with E-state index < -0.39 is 0 Å². The van der Waals surface area contributed by atoms with Gasteiger partial charge in [0.15, 0.2) is 0 Å². The first-order chi connectivity index (χ1) is 7.34. The molecule has 0 heterocycles. The Labute approximate surface area is 104 Å². The Bertz CT molecular complexity index is 239. The molecule has 0 aliphatic rings. The summed E-state index contributed by atoms with van der Waals surface area (Å²) >= 11 is 4.83. The number of thiocarbonyl (C=S) groups is 1. The summed E-state index contributed by atoms with van der Waals surface area (Å²) in [6, 6.07) is 0.217. The van der Waals surface area contributed by atoms with Gasteiger partial charge in [-0.2, -0.15) is 0 Å². The van der Waals surface area contributed by atoms with E-state index in [0.29, 0.717) is 30.3 Å². The zero-order valence-corrected chi connectivity index (χ0v) is 11.6. The van der Waals surface area contributed by atoms with Gasteiger partial charge in [-0.25, -0.2) is 0 Å². The van der Waals surface area contributed by atoms with Gasteiger partial charge in [0.05, 0.1) is 4.99 Å². The molecule has 0 aliphatic carbocycles. The Hall–Kier alpha value is -0.640. The average Bonchev–Trinajstić information content (AvgIpc) is 2.13. The third-order valence-corrected chi connectivity index (χ3v) is 2.68. The summed E-state index contributed by atoms with van der Waals surface area (Å²) in [6.07, 6.45) is 2.17. The van der Waals surface area contributed by atoms with Gasteiger partial charge in [0.1, 0.15) is 0 Å². The van der Waals surface area contributed by atoms with E-state index in [1.165, 1.54) is 0 Å². The predicted molar refractivity (Wildman–Crippen MR) is 72.3 cm³/mol. The highest BCUT2D eigenvalue weighted by Gasteiger charge is 2.16. The first-order valence-corrected chi connectivity index (χ1v) is 6.33. The van der Waals surface area contributed by atoms with E-state index in [1.807, 2.05) is 18.7 Å². The summed E-state index contributed by atoms with van der Waals surface area (Å²) in [7, 11) is 0. The normalized spacial score (nSPS) is 10.9. The van der Waals surface area contributed by atoms with E-state index in [9.17, 15) is 4.79 Å². The maximum absolute atomic E-state index is 11.9. The minimum Gasteiger partial charge on any atom is -0.393 e. The molecule has 0 rings (SSSR count). The van der Waals surface area contributed by atoms with E-state index in [4.69, 9.17) is 18.0 Å². The molecule has 0 aromatic heterocycles. The fraction of sp³-hybridized carbons (Fsp3) is 0.833. The van der Waals surface area contributed by atoms with Crippen molar-refractivity contribution in [2.75, 3.05) is 6.54 Å². The lowest BCUT2D eigenvalue weighted by Crippen LogP contribution is -2.38. The van der Waals surface area contributed by atoms with Crippen LogP contribution in [0.1, 0.15) is 47.0 Å². The second kappa shape index (κ2) is 7.60. The Morgan fingerprint density at radius 2 is 1.81 bits per heavy atom. The molecule has 0 saturated carbocycles. The molecule has 0 aromatic carbocycles. The predicted octanol–water partition coefficient (Wildman–Crippen LogP) is 2.34. The molecule has 0 atom stereocenters. The van der Waals surface area contributed by atoms with Gasteiger partial charge < -0.3 is 10.6 Å². The molecule has 0 saturated heterocycles. The van der Waals surface area contributed by atoms with Gasteiger partial charge in [-0.1, -0.05) is 26.1 Å². The van der Waals surface area contributed by atoms with Gasteiger partial charge in [0.25, 0.3) is 0 Å². The van der Waals surface area contributed by atoms with Crippen LogP contribution in [0, 0.1) is 5.92 Å². The standard InChI is InChI=1S/C12H24N2OS/c1-9(2)5-6-12(15)14(10(3)4)8-7-11(13)16/h9-10H,5-8H2,1-4H3,(H2,13,16). The van der Waals surface area contributed by atoms with Crippen LogP contribution in [-0.4, -0.2) is 28.4 Å². The van der Waals surface area contributed by atoms with Crippen molar-refractivity contribution < 1.29 is 4.79 Å². The SMILES string of the molecule is CC(C)CCC(=O)N(CCC(N)=S)C(C)C. The molecule has 94 valence electrons. The van der Waals surface area contributed by atoms with Crippen LogP contribution in [0.2, 0.25) is 0 Å². The molecule has 0 unspecified atom stereocenters. The van der Waals surface area contributed by atoms with Gasteiger partial charge in [-0.3, -0.25) is 4.79 Å². The molecule has 4 heteroatoms. The van der Waals surface area contributed by atoms with Crippen LogP contribution < -0.4 is 5.73 Å². The van der Waals surface area contributed by atoms with Crippen LogP contribution in [0.25, 0.3) is 0 Å². The van der Waals surface area contributed by atoms with E-state index >= 15 is 0 Å². The average molecular weight is 244 g/mol. The second-order valence-corrected chi connectivity index (χ2v) is 5.35. The minimum atomic E-state index is 0.208. The van der Waals surface area contributed by atoms with Crippen LogP contribution in [0.4, 0.5) is 0 Å². The summed E-state index contributed by atoms with van der Waals surface area (Å²) in [5.74, 6) is 0.772. The summed E-state index contributed by atoms with van der Waals surface area (Å²) in [5.41, 5.74) is 5.46. The molecular formula is C12H24N2OS. The van der Waals surface area contributed by atoms with Crippen LogP contribution in [0.15, 0.2) is 0 Å². The molecule has 0 aliphatic heterocycles. The largest absolute Gasteiger partial charge is 0.393 e. The Morgan fingerprint density at radius 1 is 1.25 bits per heavy atom. The third-order valence-electron chi connectivity index (χ3n) is 2.48. The van der Waals surface area contributed by atoms with Crippen molar-refractivity contribution in [1.82, 2.24) is 4.90 Å². The lowest BCUT2D eigenvalue weighted by Gasteiger charge is -2.27.